The molecule has 3 heteroatoms. The summed E-state index contributed by atoms with van der Waals surface area (Å²) in [6.45, 7) is 2.21. The van der Waals surface area contributed by atoms with Crippen molar-refractivity contribution in [2.45, 2.75) is 38.3 Å². The van der Waals surface area contributed by atoms with Crippen LogP contribution in [0.1, 0.15) is 36.9 Å². The van der Waals surface area contributed by atoms with Crippen LogP contribution in [-0.4, -0.2) is 17.0 Å². The van der Waals surface area contributed by atoms with Crippen LogP contribution < -0.4 is 5.32 Å². The van der Waals surface area contributed by atoms with Gasteiger partial charge in [0.15, 0.2) is 5.17 Å². The van der Waals surface area contributed by atoms with E-state index in [1.165, 1.54) is 30.4 Å². The molecule has 1 fully saturated rings. The Kier molecular flexibility index (Phi) is 3.10. The summed E-state index contributed by atoms with van der Waals surface area (Å²) in [5.41, 5.74) is 2.93. The molecule has 0 radical (unpaired) electrons. The van der Waals surface area contributed by atoms with E-state index in [2.05, 4.69) is 36.5 Å². The average Bonchev–Trinajstić information content (AvgIpc) is 2.75. The Labute approximate surface area is 107 Å². The van der Waals surface area contributed by atoms with Crippen LogP contribution in [0.25, 0.3) is 0 Å². The first-order valence-electron chi connectivity index (χ1n) is 6.38. The number of thioether (sulfide) groups is 1. The van der Waals surface area contributed by atoms with Gasteiger partial charge >= 0.3 is 0 Å². The van der Waals surface area contributed by atoms with Crippen LogP contribution in [0, 0.1) is 0 Å². The Hall–Kier alpha value is -0.960. The summed E-state index contributed by atoms with van der Waals surface area (Å²) < 4.78 is 0. The van der Waals surface area contributed by atoms with Crippen LogP contribution in [0.4, 0.5) is 0 Å². The summed E-state index contributed by atoms with van der Waals surface area (Å²) in [7, 11) is 0. The SMILES string of the molecule is CC1CSC(=NC2CCCc3ccccc32)N1. The van der Waals surface area contributed by atoms with E-state index in [0.717, 1.165) is 10.9 Å². The summed E-state index contributed by atoms with van der Waals surface area (Å²) in [5.74, 6) is 1.15. The molecule has 2 atom stereocenters. The molecule has 1 aromatic carbocycles. The lowest BCUT2D eigenvalue weighted by Gasteiger charge is -2.22. The Morgan fingerprint density at radius 3 is 3.06 bits per heavy atom. The molecule has 1 aliphatic heterocycles. The second-order valence-corrected chi connectivity index (χ2v) is 5.91. The van der Waals surface area contributed by atoms with Gasteiger partial charge in [0.25, 0.3) is 0 Å². The van der Waals surface area contributed by atoms with Gasteiger partial charge in [0.05, 0.1) is 6.04 Å². The monoisotopic (exact) mass is 246 g/mol. The predicted molar refractivity (Wildman–Crippen MR) is 74.6 cm³/mol. The molecule has 2 unspecified atom stereocenters. The van der Waals surface area contributed by atoms with Crippen LogP contribution in [0.2, 0.25) is 0 Å². The van der Waals surface area contributed by atoms with Gasteiger partial charge < -0.3 is 5.32 Å². The number of hydrogen-bond acceptors (Lipinski definition) is 2. The molecule has 1 heterocycles. The van der Waals surface area contributed by atoms with E-state index in [4.69, 9.17) is 4.99 Å². The first-order valence-corrected chi connectivity index (χ1v) is 7.36. The smallest absolute Gasteiger partial charge is 0.157 e. The molecule has 90 valence electrons. The van der Waals surface area contributed by atoms with Crippen molar-refractivity contribution in [3.8, 4) is 0 Å². The van der Waals surface area contributed by atoms with E-state index in [0.29, 0.717) is 12.1 Å². The first-order chi connectivity index (χ1) is 8.33. The summed E-state index contributed by atoms with van der Waals surface area (Å²) in [6.07, 6.45) is 3.67. The minimum absolute atomic E-state index is 0.375. The van der Waals surface area contributed by atoms with Crippen molar-refractivity contribution in [2.24, 2.45) is 4.99 Å². The third kappa shape index (κ3) is 2.34. The number of nitrogens with zero attached hydrogens (tertiary/aromatic N) is 1. The van der Waals surface area contributed by atoms with E-state index < -0.39 is 0 Å². The highest BCUT2D eigenvalue weighted by Crippen LogP contribution is 2.33. The van der Waals surface area contributed by atoms with Crippen molar-refractivity contribution >= 4 is 16.9 Å². The number of benzene rings is 1. The molecule has 1 N–H and O–H groups in total. The minimum atomic E-state index is 0.375. The standard InChI is InChI=1S/C14H18N2S/c1-10-9-17-14(15-10)16-13-8-4-6-11-5-2-3-7-12(11)13/h2-3,5,7,10,13H,4,6,8-9H2,1H3,(H,15,16). The number of hydrogen-bond donors (Lipinski definition) is 1. The largest absolute Gasteiger partial charge is 0.362 e. The number of amidine groups is 1. The maximum Gasteiger partial charge on any atom is 0.157 e. The number of fused-ring (bicyclic) bond motifs is 1. The van der Waals surface area contributed by atoms with E-state index in [-0.39, 0.29) is 0 Å². The molecule has 0 saturated carbocycles. The molecule has 0 bridgehead atoms. The van der Waals surface area contributed by atoms with Gasteiger partial charge in [-0.15, -0.1) is 0 Å². The summed E-state index contributed by atoms with van der Waals surface area (Å²) in [6, 6.07) is 9.71. The Bertz CT molecular complexity index is 442. The lowest BCUT2D eigenvalue weighted by molar-refractivity contribution is 0.571. The number of rotatable bonds is 1. The first kappa shape index (κ1) is 11.1. The molecule has 0 amide bonds. The van der Waals surface area contributed by atoms with Gasteiger partial charge in [0, 0.05) is 11.8 Å². The van der Waals surface area contributed by atoms with Crippen molar-refractivity contribution in [3.05, 3.63) is 35.4 Å². The van der Waals surface area contributed by atoms with E-state index in [1.54, 1.807) is 0 Å². The van der Waals surface area contributed by atoms with Crippen molar-refractivity contribution in [1.82, 2.24) is 5.32 Å². The molecule has 0 spiro atoms. The molecule has 2 aliphatic rings. The van der Waals surface area contributed by atoms with Crippen molar-refractivity contribution in [2.75, 3.05) is 5.75 Å². The number of nitrogens with one attached hydrogen (secondary N) is 1. The quantitative estimate of drug-likeness (QED) is 0.823. The maximum absolute atomic E-state index is 4.90. The highest BCUT2D eigenvalue weighted by Gasteiger charge is 2.22. The molecule has 1 aliphatic carbocycles. The van der Waals surface area contributed by atoms with Crippen LogP contribution in [0.3, 0.4) is 0 Å². The van der Waals surface area contributed by atoms with Gasteiger partial charge in [0.1, 0.15) is 0 Å². The third-order valence-electron chi connectivity index (χ3n) is 3.45. The third-order valence-corrected chi connectivity index (χ3v) is 4.61. The molecule has 1 saturated heterocycles. The fourth-order valence-corrected chi connectivity index (χ4v) is 3.55. The zero-order valence-electron chi connectivity index (χ0n) is 10.1. The van der Waals surface area contributed by atoms with Crippen molar-refractivity contribution in [3.63, 3.8) is 0 Å². The average molecular weight is 246 g/mol. The van der Waals surface area contributed by atoms with Gasteiger partial charge in [-0.1, -0.05) is 36.0 Å². The Morgan fingerprint density at radius 2 is 2.24 bits per heavy atom. The Morgan fingerprint density at radius 1 is 1.35 bits per heavy atom. The number of aliphatic imine (C=N–C) groups is 1. The molecule has 2 nitrogen and oxygen atoms in total. The summed E-state index contributed by atoms with van der Waals surface area (Å²) in [4.78, 5) is 4.90. The van der Waals surface area contributed by atoms with E-state index in [1.807, 2.05) is 11.8 Å². The van der Waals surface area contributed by atoms with Gasteiger partial charge in [-0.3, -0.25) is 4.99 Å². The van der Waals surface area contributed by atoms with Crippen LogP contribution >= 0.6 is 11.8 Å². The van der Waals surface area contributed by atoms with Crippen molar-refractivity contribution in [1.29, 1.82) is 0 Å². The molecular formula is C14H18N2S. The second-order valence-electron chi connectivity index (χ2n) is 4.90. The lowest BCUT2D eigenvalue weighted by Crippen LogP contribution is -2.24. The van der Waals surface area contributed by atoms with Gasteiger partial charge in [0.2, 0.25) is 0 Å². The predicted octanol–water partition coefficient (Wildman–Crippen LogP) is 3.14. The molecular weight excluding hydrogens is 228 g/mol. The van der Waals surface area contributed by atoms with Crippen LogP contribution in [0.5, 0.6) is 0 Å². The fourth-order valence-electron chi connectivity index (χ4n) is 2.58. The maximum atomic E-state index is 4.90. The van der Waals surface area contributed by atoms with Crippen molar-refractivity contribution < 1.29 is 0 Å². The van der Waals surface area contributed by atoms with E-state index >= 15 is 0 Å². The summed E-state index contributed by atoms with van der Waals surface area (Å²) >= 11 is 1.86. The lowest BCUT2D eigenvalue weighted by atomic mass is 9.88. The zero-order chi connectivity index (χ0) is 11.7. The van der Waals surface area contributed by atoms with Gasteiger partial charge in [-0.25, -0.2) is 0 Å². The molecule has 3 rings (SSSR count). The van der Waals surface area contributed by atoms with E-state index in [9.17, 15) is 0 Å². The minimum Gasteiger partial charge on any atom is -0.362 e. The molecule has 17 heavy (non-hydrogen) atoms. The topological polar surface area (TPSA) is 24.4 Å². The zero-order valence-corrected chi connectivity index (χ0v) is 11.0. The highest BCUT2D eigenvalue weighted by molar-refractivity contribution is 8.14. The second kappa shape index (κ2) is 4.73. The van der Waals surface area contributed by atoms with Gasteiger partial charge in [-0.05, 0) is 37.3 Å². The fraction of sp³-hybridized carbons (Fsp3) is 0.500. The molecule has 1 aromatic rings. The van der Waals surface area contributed by atoms with Gasteiger partial charge in [-0.2, -0.15) is 0 Å². The number of aryl methyl sites for hydroxylation is 1. The Balaban J connectivity index is 1.86. The van der Waals surface area contributed by atoms with Crippen LogP contribution in [-0.2, 0) is 6.42 Å². The van der Waals surface area contributed by atoms with Crippen LogP contribution in [0.15, 0.2) is 29.3 Å². The molecule has 0 aromatic heterocycles. The normalized spacial score (nSPS) is 30.1. The highest BCUT2D eigenvalue weighted by atomic mass is 32.2. The summed E-state index contributed by atoms with van der Waals surface area (Å²) in [5, 5.41) is 4.58.